The molecule has 1 fully saturated rings. The first-order valence-electron chi connectivity index (χ1n) is 5.29. The molecule has 2 rings (SSSR count). The number of ether oxygens (including phenoxy) is 1. The Hall–Kier alpha value is -1.08. The summed E-state index contributed by atoms with van der Waals surface area (Å²) in [5, 5.41) is 2.65. The highest BCUT2D eigenvalue weighted by Crippen LogP contribution is 2.30. The van der Waals surface area contributed by atoms with Crippen LogP contribution in [0.5, 0.6) is 0 Å². The highest BCUT2D eigenvalue weighted by Gasteiger charge is 2.36. The van der Waals surface area contributed by atoms with E-state index in [2.05, 4.69) is 15.3 Å². The van der Waals surface area contributed by atoms with Gasteiger partial charge in [-0.05, 0) is 12.8 Å². The summed E-state index contributed by atoms with van der Waals surface area (Å²) >= 11 is 5.54. The van der Waals surface area contributed by atoms with Gasteiger partial charge in [-0.2, -0.15) is 13.2 Å². The van der Waals surface area contributed by atoms with Crippen molar-refractivity contribution in [2.24, 2.45) is 0 Å². The zero-order valence-electron chi connectivity index (χ0n) is 9.46. The summed E-state index contributed by atoms with van der Waals surface area (Å²) in [6.07, 6.45) is -2.98. The Kier molecular flexibility index (Phi) is 3.63. The first-order valence-corrected chi connectivity index (χ1v) is 5.67. The lowest BCUT2D eigenvalue weighted by Crippen LogP contribution is -2.40. The summed E-state index contributed by atoms with van der Waals surface area (Å²) in [5.41, 5.74) is 0. The fraction of sp³-hybridized carbons (Fsp3) is 0.600. The van der Waals surface area contributed by atoms with E-state index in [0.717, 1.165) is 12.8 Å². The Bertz CT molecular complexity index is 435. The van der Waals surface area contributed by atoms with E-state index in [0.29, 0.717) is 0 Å². The van der Waals surface area contributed by atoms with Gasteiger partial charge in [0.05, 0.1) is 6.10 Å². The predicted octanol–water partition coefficient (Wildman–Crippen LogP) is 2.74. The molecule has 1 heterocycles. The Balaban J connectivity index is 2.07. The molecule has 1 aliphatic rings. The quantitative estimate of drug-likeness (QED) is 0.866. The second kappa shape index (κ2) is 4.89. The van der Waals surface area contributed by atoms with Crippen molar-refractivity contribution in [2.75, 3.05) is 12.4 Å². The van der Waals surface area contributed by atoms with Gasteiger partial charge in [0, 0.05) is 19.2 Å². The van der Waals surface area contributed by atoms with Crippen LogP contribution in [0.25, 0.3) is 0 Å². The zero-order chi connectivity index (χ0) is 13.3. The summed E-state index contributed by atoms with van der Waals surface area (Å²) in [5.74, 6) is -1.15. The number of nitrogens with one attached hydrogen (secondary N) is 1. The highest BCUT2D eigenvalue weighted by atomic mass is 35.5. The van der Waals surface area contributed by atoms with E-state index >= 15 is 0 Å². The van der Waals surface area contributed by atoms with Gasteiger partial charge in [0.1, 0.15) is 11.0 Å². The lowest BCUT2D eigenvalue weighted by atomic mass is 9.89. The molecule has 1 aliphatic carbocycles. The molecule has 0 unspecified atom stereocenters. The molecule has 1 N–H and O–H groups in total. The summed E-state index contributed by atoms with van der Waals surface area (Å²) in [4.78, 5) is 6.56. The maximum atomic E-state index is 12.5. The Labute approximate surface area is 107 Å². The van der Waals surface area contributed by atoms with Crippen molar-refractivity contribution < 1.29 is 17.9 Å². The lowest BCUT2D eigenvalue weighted by Gasteiger charge is -2.34. The van der Waals surface area contributed by atoms with Crippen molar-refractivity contribution in [3.05, 3.63) is 17.0 Å². The maximum Gasteiger partial charge on any atom is 0.451 e. The third-order valence-electron chi connectivity index (χ3n) is 2.73. The SMILES string of the molecule is COC1CC(Nc2cc(Cl)nc(C(F)(F)F)n2)C1. The molecule has 18 heavy (non-hydrogen) atoms. The van der Waals surface area contributed by atoms with E-state index in [1.165, 1.54) is 6.07 Å². The zero-order valence-corrected chi connectivity index (χ0v) is 10.2. The molecule has 0 atom stereocenters. The predicted molar refractivity (Wildman–Crippen MR) is 59.5 cm³/mol. The van der Waals surface area contributed by atoms with Gasteiger partial charge in [0.25, 0.3) is 0 Å². The van der Waals surface area contributed by atoms with E-state index in [4.69, 9.17) is 16.3 Å². The van der Waals surface area contributed by atoms with Gasteiger partial charge in [-0.25, -0.2) is 9.97 Å². The van der Waals surface area contributed by atoms with E-state index in [-0.39, 0.29) is 23.1 Å². The Morgan fingerprint density at radius 3 is 2.61 bits per heavy atom. The summed E-state index contributed by atoms with van der Waals surface area (Å²) in [6.45, 7) is 0. The van der Waals surface area contributed by atoms with Gasteiger partial charge >= 0.3 is 6.18 Å². The number of aromatic nitrogens is 2. The van der Waals surface area contributed by atoms with Gasteiger partial charge in [-0.3, -0.25) is 0 Å². The Morgan fingerprint density at radius 1 is 1.39 bits per heavy atom. The van der Waals surface area contributed by atoms with Crippen LogP contribution in [0.15, 0.2) is 6.07 Å². The second-order valence-electron chi connectivity index (χ2n) is 4.07. The monoisotopic (exact) mass is 281 g/mol. The molecular formula is C10H11ClF3N3O. The van der Waals surface area contributed by atoms with Crippen molar-refractivity contribution in [3.63, 3.8) is 0 Å². The third-order valence-corrected chi connectivity index (χ3v) is 2.92. The van der Waals surface area contributed by atoms with Crippen LogP contribution >= 0.6 is 11.6 Å². The van der Waals surface area contributed by atoms with Crippen LogP contribution in [-0.2, 0) is 10.9 Å². The largest absolute Gasteiger partial charge is 0.451 e. The van der Waals surface area contributed by atoms with Gasteiger partial charge < -0.3 is 10.1 Å². The van der Waals surface area contributed by atoms with Crippen molar-refractivity contribution in [2.45, 2.75) is 31.2 Å². The molecule has 0 bridgehead atoms. The van der Waals surface area contributed by atoms with Crippen molar-refractivity contribution >= 4 is 17.4 Å². The van der Waals surface area contributed by atoms with E-state index in [1.807, 2.05) is 0 Å². The van der Waals surface area contributed by atoms with E-state index in [1.54, 1.807) is 7.11 Å². The summed E-state index contributed by atoms with van der Waals surface area (Å²) in [7, 11) is 1.60. The molecule has 1 saturated carbocycles. The normalized spacial score (nSPS) is 23.6. The number of anilines is 1. The smallest absolute Gasteiger partial charge is 0.381 e. The van der Waals surface area contributed by atoms with Gasteiger partial charge in [0.15, 0.2) is 0 Å². The molecule has 100 valence electrons. The number of methoxy groups -OCH3 is 1. The average Bonchev–Trinajstić information content (AvgIpc) is 2.20. The summed E-state index contributed by atoms with van der Waals surface area (Å²) < 4.78 is 42.5. The first-order chi connectivity index (χ1) is 8.38. The topological polar surface area (TPSA) is 47.0 Å². The van der Waals surface area contributed by atoms with Gasteiger partial charge in [-0.15, -0.1) is 0 Å². The number of alkyl halides is 3. The summed E-state index contributed by atoms with van der Waals surface area (Å²) in [6, 6.07) is 1.33. The number of rotatable bonds is 3. The fourth-order valence-corrected chi connectivity index (χ4v) is 1.89. The number of hydrogen-bond donors (Lipinski definition) is 1. The maximum absolute atomic E-state index is 12.5. The molecule has 0 spiro atoms. The van der Waals surface area contributed by atoms with Crippen molar-refractivity contribution in [1.29, 1.82) is 0 Å². The van der Waals surface area contributed by atoms with Crippen LogP contribution in [0.2, 0.25) is 5.15 Å². The van der Waals surface area contributed by atoms with E-state index in [9.17, 15) is 13.2 Å². The minimum absolute atomic E-state index is 0.0574. The Morgan fingerprint density at radius 2 is 2.06 bits per heavy atom. The molecule has 1 aromatic heterocycles. The molecule has 0 saturated heterocycles. The van der Waals surface area contributed by atoms with Crippen LogP contribution in [0.1, 0.15) is 18.7 Å². The number of hydrogen-bond acceptors (Lipinski definition) is 4. The second-order valence-corrected chi connectivity index (χ2v) is 4.45. The third kappa shape index (κ3) is 3.02. The van der Waals surface area contributed by atoms with Crippen LogP contribution in [0, 0.1) is 0 Å². The first kappa shape index (κ1) is 13.4. The number of nitrogens with zero attached hydrogens (tertiary/aromatic N) is 2. The van der Waals surface area contributed by atoms with Crippen LogP contribution in [-0.4, -0.2) is 29.2 Å². The van der Waals surface area contributed by atoms with Crippen LogP contribution in [0.4, 0.5) is 19.0 Å². The fourth-order valence-electron chi connectivity index (χ4n) is 1.70. The molecule has 0 radical (unpaired) electrons. The molecular weight excluding hydrogens is 271 g/mol. The highest BCUT2D eigenvalue weighted by molar-refractivity contribution is 6.29. The minimum atomic E-state index is -4.60. The van der Waals surface area contributed by atoms with Crippen LogP contribution in [0.3, 0.4) is 0 Å². The van der Waals surface area contributed by atoms with Crippen molar-refractivity contribution in [3.8, 4) is 0 Å². The standard InChI is InChI=1S/C10H11ClF3N3O/c1-18-6-2-5(3-6)15-8-4-7(11)16-9(17-8)10(12,13)14/h4-6H,2-3H2,1H3,(H,15,16,17). The molecule has 0 aliphatic heterocycles. The minimum Gasteiger partial charge on any atom is -0.381 e. The molecule has 0 amide bonds. The van der Waals surface area contributed by atoms with Crippen LogP contribution < -0.4 is 5.32 Å². The molecule has 8 heteroatoms. The van der Waals surface area contributed by atoms with Gasteiger partial charge in [-0.1, -0.05) is 11.6 Å². The average molecular weight is 282 g/mol. The molecule has 4 nitrogen and oxygen atoms in total. The lowest BCUT2D eigenvalue weighted by molar-refractivity contribution is -0.144. The number of halogens is 4. The van der Waals surface area contributed by atoms with Gasteiger partial charge in [0.2, 0.25) is 5.82 Å². The molecule has 1 aromatic rings. The van der Waals surface area contributed by atoms with Crippen molar-refractivity contribution in [1.82, 2.24) is 9.97 Å². The van der Waals surface area contributed by atoms with E-state index < -0.39 is 12.0 Å². The molecule has 0 aromatic carbocycles.